The second-order valence-electron chi connectivity index (χ2n) is 12.1. The maximum Gasteiger partial charge on any atom is 0.342 e. The van der Waals surface area contributed by atoms with Crippen LogP contribution < -0.4 is 5.32 Å². The van der Waals surface area contributed by atoms with E-state index in [-0.39, 0.29) is 42.9 Å². The molecule has 3 rings (SSSR count). The molecular formula is C30H45NO10. The van der Waals surface area contributed by atoms with Crippen LogP contribution in [0, 0.1) is 18.3 Å². The number of rotatable bonds is 11. The van der Waals surface area contributed by atoms with Crippen LogP contribution in [0.2, 0.25) is 0 Å². The van der Waals surface area contributed by atoms with E-state index in [0.29, 0.717) is 17.5 Å². The Morgan fingerprint density at radius 2 is 1.93 bits per heavy atom. The Bertz CT molecular complexity index is 1130. The number of methoxy groups -OCH3 is 1. The number of amides is 1. The van der Waals surface area contributed by atoms with Gasteiger partial charge in [0.2, 0.25) is 0 Å². The molecule has 230 valence electrons. The highest BCUT2D eigenvalue weighted by molar-refractivity contribution is 5.96. The number of phenolic OH excluding ortho intramolecular Hbond substituents is 2. The first kappa shape index (κ1) is 32.8. The fourth-order valence-corrected chi connectivity index (χ4v) is 5.58. The molecule has 8 atom stereocenters. The third-order valence-electron chi connectivity index (χ3n) is 8.69. The molecule has 1 saturated heterocycles. The van der Waals surface area contributed by atoms with Crippen molar-refractivity contribution in [3.8, 4) is 11.5 Å². The zero-order valence-corrected chi connectivity index (χ0v) is 24.7. The van der Waals surface area contributed by atoms with Gasteiger partial charge in [-0.3, -0.25) is 4.79 Å². The molecule has 11 nitrogen and oxygen atoms in total. The summed E-state index contributed by atoms with van der Waals surface area (Å²) in [4.78, 5) is 25.3. The number of aliphatic hydroxyl groups is 3. The van der Waals surface area contributed by atoms with Crippen molar-refractivity contribution < 1.29 is 49.3 Å². The number of cyclic esters (lactones) is 1. The SMILES string of the molecule is C=C(C)C[C@H](OC)[C@H](O)C(=O)NC[C@@H]1C[C@@H](O)C(C)(C)[C@@H](C[C@H](O)[C@@H](C)[C@H]2Cc3c(C)c(O)cc(O)c3C(=O)O2)O1. The van der Waals surface area contributed by atoms with E-state index in [1.54, 1.807) is 20.8 Å². The molecule has 11 heteroatoms. The molecule has 1 fully saturated rings. The standard InChI is InChI=1S/C30H45NO10/c1-14(2)8-23(39-7)27(36)28(37)31-13-17-9-24(35)30(5,6)25(40-17)12-20(33)16(4)22-10-18-15(3)19(32)11-21(34)26(18)29(38)41-22/h11,16-17,20,22-25,27,32-36H,1,8-10,12-13H2,2-7H3,(H,31,37)/t16-,17+,20+,22-,23+,24-,25-,27+/m1/s1. The minimum absolute atomic E-state index is 0.0181. The van der Waals surface area contributed by atoms with Crippen molar-refractivity contribution in [3.05, 3.63) is 34.9 Å². The summed E-state index contributed by atoms with van der Waals surface area (Å²) in [6, 6.07) is 1.11. The van der Waals surface area contributed by atoms with E-state index in [1.807, 2.05) is 13.8 Å². The molecule has 2 aliphatic rings. The molecule has 0 unspecified atom stereocenters. The summed E-state index contributed by atoms with van der Waals surface area (Å²) in [5.41, 5.74) is 0.994. The van der Waals surface area contributed by atoms with Gasteiger partial charge in [0.05, 0.1) is 30.5 Å². The van der Waals surface area contributed by atoms with E-state index >= 15 is 0 Å². The molecule has 0 saturated carbocycles. The van der Waals surface area contributed by atoms with E-state index in [0.717, 1.165) is 11.6 Å². The molecule has 1 aromatic carbocycles. The molecule has 0 radical (unpaired) electrons. The number of hydrogen-bond donors (Lipinski definition) is 6. The van der Waals surface area contributed by atoms with E-state index in [9.17, 15) is 35.1 Å². The van der Waals surface area contributed by atoms with E-state index < -0.39 is 65.9 Å². The molecule has 2 heterocycles. The summed E-state index contributed by atoms with van der Waals surface area (Å²) in [7, 11) is 1.41. The average Bonchev–Trinajstić information content (AvgIpc) is 2.90. The Labute approximate surface area is 241 Å². The maximum absolute atomic E-state index is 12.7. The van der Waals surface area contributed by atoms with Gasteiger partial charge in [-0.25, -0.2) is 4.79 Å². The van der Waals surface area contributed by atoms with Gasteiger partial charge in [-0.05, 0) is 31.4 Å². The van der Waals surface area contributed by atoms with Gasteiger partial charge in [-0.2, -0.15) is 0 Å². The Kier molecular flexibility index (Phi) is 10.5. The summed E-state index contributed by atoms with van der Waals surface area (Å²) in [6.07, 6.45) is -4.94. The monoisotopic (exact) mass is 579 g/mol. The molecular weight excluding hydrogens is 534 g/mol. The number of benzene rings is 1. The smallest absolute Gasteiger partial charge is 0.342 e. The van der Waals surface area contributed by atoms with Gasteiger partial charge in [0, 0.05) is 50.3 Å². The molecule has 6 N–H and O–H groups in total. The van der Waals surface area contributed by atoms with E-state index in [1.165, 1.54) is 7.11 Å². The lowest BCUT2D eigenvalue weighted by Crippen LogP contribution is -2.55. The van der Waals surface area contributed by atoms with Crippen molar-refractivity contribution in [1.82, 2.24) is 5.32 Å². The minimum Gasteiger partial charge on any atom is -0.508 e. The normalized spacial score (nSPS) is 26.7. The molecule has 1 amide bonds. The van der Waals surface area contributed by atoms with Crippen LogP contribution in [0.4, 0.5) is 0 Å². The van der Waals surface area contributed by atoms with Crippen LogP contribution in [-0.2, 0) is 25.4 Å². The topological polar surface area (TPSA) is 175 Å². The highest BCUT2D eigenvalue weighted by Crippen LogP contribution is 2.41. The third-order valence-corrected chi connectivity index (χ3v) is 8.69. The maximum atomic E-state index is 12.7. The zero-order valence-electron chi connectivity index (χ0n) is 24.7. The van der Waals surface area contributed by atoms with E-state index in [2.05, 4.69) is 11.9 Å². The Hall–Kier alpha value is -2.70. The molecule has 2 aliphatic heterocycles. The number of carbonyl (C=O) groups is 2. The Balaban J connectivity index is 1.66. The number of fused-ring (bicyclic) bond motifs is 1. The predicted octanol–water partition coefficient (Wildman–Crippen LogP) is 1.88. The van der Waals surface area contributed by atoms with Gasteiger partial charge in [0.25, 0.3) is 5.91 Å². The highest BCUT2D eigenvalue weighted by atomic mass is 16.5. The Morgan fingerprint density at radius 1 is 1.27 bits per heavy atom. The fraction of sp³-hybridized carbons (Fsp3) is 0.667. The lowest BCUT2D eigenvalue weighted by molar-refractivity contribution is -0.185. The van der Waals surface area contributed by atoms with Crippen molar-refractivity contribution in [2.45, 2.75) is 103 Å². The van der Waals surface area contributed by atoms with Crippen LogP contribution in [0.25, 0.3) is 0 Å². The first-order valence-corrected chi connectivity index (χ1v) is 14.0. The van der Waals surface area contributed by atoms with Gasteiger partial charge in [0.15, 0.2) is 6.10 Å². The van der Waals surface area contributed by atoms with Crippen LogP contribution in [0.15, 0.2) is 18.2 Å². The van der Waals surface area contributed by atoms with Gasteiger partial charge in [-0.1, -0.05) is 26.3 Å². The number of aromatic hydroxyl groups is 2. The van der Waals surface area contributed by atoms with E-state index in [4.69, 9.17) is 14.2 Å². The zero-order chi connectivity index (χ0) is 30.8. The summed E-state index contributed by atoms with van der Waals surface area (Å²) in [6.45, 7) is 12.7. The summed E-state index contributed by atoms with van der Waals surface area (Å²) in [5, 5.41) is 55.5. The third kappa shape index (κ3) is 7.21. The van der Waals surface area contributed by atoms with Crippen molar-refractivity contribution in [1.29, 1.82) is 0 Å². The minimum atomic E-state index is -1.41. The average molecular weight is 580 g/mol. The van der Waals surface area contributed by atoms with Crippen molar-refractivity contribution in [3.63, 3.8) is 0 Å². The van der Waals surface area contributed by atoms with Gasteiger partial charge in [-0.15, -0.1) is 6.58 Å². The van der Waals surface area contributed by atoms with Gasteiger partial charge >= 0.3 is 5.97 Å². The molecule has 0 aliphatic carbocycles. The number of nitrogens with one attached hydrogen (secondary N) is 1. The summed E-state index contributed by atoms with van der Waals surface area (Å²) < 4.78 is 17.1. The van der Waals surface area contributed by atoms with Gasteiger partial charge in [0.1, 0.15) is 23.2 Å². The molecule has 0 bridgehead atoms. The first-order chi connectivity index (χ1) is 19.1. The molecule has 0 aromatic heterocycles. The Morgan fingerprint density at radius 3 is 2.54 bits per heavy atom. The van der Waals surface area contributed by atoms with Crippen LogP contribution >= 0.6 is 0 Å². The number of esters is 1. The van der Waals surface area contributed by atoms with Crippen LogP contribution in [0.5, 0.6) is 11.5 Å². The molecule has 0 spiro atoms. The number of phenols is 2. The van der Waals surface area contributed by atoms with Crippen molar-refractivity contribution in [2.24, 2.45) is 11.3 Å². The lowest BCUT2D eigenvalue weighted by Gasteiger charge is -2.47. The highest BCUT2D eigenvalue weighted by Gasteiger charge is 2.46. The number of hydrogen-bond acceptors (Lipinski definition) is 10. The number of ether oxygens (including phenoxy) is 3. The van der Waals surface area contributed by atoms with Crippen LogP contribution in [0.3, 0.4) is 0 Å². The van der Waals surface area contributed by atoms with Crippen molar-refractivity contribution in [2.75, 3.05) is 13.7 Å². The second kappa shape index (κ2) is 13.1. The number of aliphatic hydroxyl groups excluding tert-OH is 3. The second-order valence-corrected chi connectivity index (χ2v) is 12.1. The van der Waals surface area contributed by atoms with Crippen molar-refractivity contribution >= 4 is 11.9 Å². The number of carbonyl (C=O) groups excluding carboxylic acids is 2. The van der Waals surface area contributed by atoms with Crippen LogP contribution in [-0.4, -0.2) is 93.8 Å². The summed E-state index contributed by atoms with van der Waals surface area (Å²) >= 11 is 0. The van der Waals surface area contributed by atoms with Crippen LogP contribution in [0.1, 0.15) is 68.4 Å². The quantitative estimate of drug-likeness (QED) is 0.168. The predicted molar refractivity (Wildman–Crippen MR) is 150 cm³/mol. The largest absolute Gasteiger partial charge is 0.508 e. The lowest BCUT2D eigenvalue weighted by atomic mass is 9.73. The molecule has 1 aromatic rings. The molecule has 41 heavy (non-hydrogen) atoms. The van der Waals surface area contributed by atoms with Gasteiger partial charge < -0.3 is 45.1 Å². The fourth-order valence-electron chi connectivity index (χ4n) is 5.58. The summed E-state index contributed by atoms with van der Waals surface area (Å²) in [5.74, 6) is -2.38. The first-order valence-electron chi connectivity index (χ1n) is 14.0.